The maximum atomic E-state index is 11.6. The van der Waals surface area contributed by atoms with E-state index in [1.54, 1.807) is 24.3 Å². The molecule has 5 nitrogen and oxygen atoms in total. The van der Waals surface area contributed by atoms with Crippen molar-refractivity contribution < 1.29 is 14.7 Å². The van der Waals surface area contributed by atoms with Gasteiger partial charge in [0.1, 0.15) is 5.82 Å². The Morgan fingerprint density at radius 2 is 1.70 bits per heavy atom. The molecule has 1 aromatic heterocycles. The van der Waals surface area contributed by atoms with Gasteiger partial charge in [-0.05, 0) is 38.1 Å². The molecule has 0 amide bonds. The molecule has 0 aliphatic rings. The summed E-state index contributed by atoms with van der Waals surface area (Å²) < 4.78 is 0. The molecular formula is C18H22N2O3. The van der Waals surface area contributed by atoms with Crippen molar-refractivity contribution in [3.63, 3.8) is 0 Å². The molecule has 122 valence electrons. The number of benzene rings is 1. The van der Waals surface area contributed by atoms with Crippen LogP contribution in [0.5, 0.6) is 0 Å². The van der Waals surface area contributed by atoms with E-state index in [4.69, 9.17) is 5.11 Å². The zero-order chi connectivity index (χ0) is 17.4. The summed E-state index contributed by atoms with van der Waals surface area (Å²) in [5.74, 6) is -0.467. The van der Waals surface area contributed by atoms with Crippen LogP contribution in [0.2, 0.25) is 0 Å². The first kappa shape index (κ1) is 18.4. The van der Waals surface area contributed by atoms with E-state index in [0.717, 1.165) is 5.56 Å². The lowest BCUT2D eigenvalue weighted by Crippen LogP contribution is -2.07. The average molecular weight is 314 g/mol. The number of rotatable bonds is 5. The third-order valence-electron chi connectivity index (χ3n) is 3.05. The number of nitrogens with one attached hydrogen (secondary N) is 1. The first-order valence-corrected chi connectivity index (χ1v) is 7.62. The number of hydrogen-bond acceptors (Lipinski definition) is 4. The number of carbonyl (C=O) groups is 2. The Bertz CT molecular complexity index is 679. The molecule has 0 aliphatic carbocycles. The smallest absolute Gasteiger partial charge is 0.335 e. The Balaban J connectivity index is 0.00000127. The molecule has 0 saturated heterocycles. The highest BCUT2D eigenvalue weighted by molar-refractivity contribution is 5.99. The first-order valence-electron chi connectivity index (χ1n) is 7.62. The van der Waals surface area contributed by atoms with E-state index in [2.05, 4.69) is 10.3 Å². The van der Waals surface area contributed by atoms with E-state index in [1.165, 1.54) is 19.1 Å². The standard InChI is InChI=1S/C16H16N2O3.C2H6/c1-3-17-15-13(10(2)19)8-9-14(18-15)11-4-6-12(7-5-11)16(20)21;1-2/h4-9H,3H2,1-2H3,(H,17,18)(H,20,21);1-2H3. The van der Waals surface area contributed by atoms with E-state index >= 15 is 0 Å². The zero-order valence-corrected chi connectivity index (χ0v) is 13.9. The summed E-state index contributed by atoms with van der Waals surface area (Å²) in [7, 11) is 0. The fourth-order valence-electron chi connectivity index (χ4n) is 1.99. The van der Waals surface area contributed by atoms with Gasteiger partial charge in [0.2, 0.25) is 0 Å². The number of Topliss-reactive ketones (excluding diaryl/α,β-unsaturated/α-hetero) is 1. The molecule has 0 aliphatic heterocycles. The van der Waals surface area contributed by atoms with Gasteiger partial charge >= 0.3 is 5.97 Å². The van der Waals surface area contributed by atoms with Crippen molar-refractivity contribution in [2.45, 2.75) is 27.7 Å². The number of hydrogen-bond donors (Lipinski definition) is 2. The molecule has 2 aromatic rings. The number of carboxylic acids is 1. The summed E-state index contributed by atoms with van der Waals surface area (Å²) in [4.78, 5) is 26.9. The van der Waals surface area contributed by atoms with Crippen LogP contribution in [0.25, 0.3) is 11.3 Å². The minimum Gasteiger partial charge on any atom is -0.478 e. The lowest BCUT2D eigenvalue weighted by atomic mass is 10.1. The molecule has 1 heterocycles. The Morgan fingerprint density at radius 3 is 2.17 bits per heavy atom. The molecule has 1 aromatic carbocycles. The summed E-state index contributed by atoms with van der Waals surface area (Å²) >= 11 is 0. The van der Waals surface area contributed by atoms with Crippen molar-refractivity contribution >= 4 is 17.6 Å². The second kappa shape index (κ2) is 8.68. The molecule has 0 bridgehead atoms. The maximum Gasteiger partial charge on any atom is 0.335 e. The maximum absolute atomic E-state index is 11.6. The number of nitrogens with zero attached hydrogens (tertiary/aromatic N) is 1. The van der Waals surface area contributed by atoms with E-state index in [0.29, 0.717) is 23.6 Å². The van der Waals surface area contributed by atoms with Crippen LogP contribution < -0.4 is 5.32 Å². The Hall–Kier alpha value is -2.69. The first-order chi connectivity index (χ1) is 11.0. The van der Waals surface area contributed by atoms with Gasteiger partial charge in [0.05, 0.1) is 16.8 Å². The average Bonchev–Trinajstić information content (AvgIpc) is 2.57. The predicted molar refractivity (Wildman–Crippen MR) is 92.1 cm³/mol. The highest BCUT2D eigenvalue weighted by atomic mass is 16.4. The molecule has 2 rings (SSSR count). The van der Waals surface area contributed by atoms with E-state index in [9.17, 15) is 9.59 Å². The van der Waals surface area contributed by atoms with E-state index in [1.807, 2.05) is 20.8 Å². The van der Waals surface area contributed by atoms with Crippen LogP contribution in [0.4, 0.5) is 5.82 Å². The second-order valence-electron chi connectivity index (χ2n) is 4.56. The zero-order valence-electron chi connectivity index (χ0n) is 13.9. The molecule has 5 heteroatoms. The lowest BCUT2D eigenvalue weighted by molar-refractivity contribution is 0.0696. The number of aromatic nitrogens is 1. The molecule has 0 radical (unpaired) electrons. The number of anilines is 1. The van der Waals surface area contributed by atoms with Crippen LogP contribution in [0.15, 0.2) is 36.4 Å². The van der Waals surface area contributed by atoms with Gasteiger partial charge in [-0.25, -0.2) is 9.78 Å². The van der Waals surface area contributed by atoms with Crippen molar-refractivity contribution in [3.05, 3.63) is 47.5 Å². The van der Waals surface area contributed by atoms with Gasteiger partial charge in [-0.3, -0.25) is 4.79 Å². The quantitative estimate of drug-likeness (QED) is 0.812. The largest absolute Gasteiger partial charge is 0.478 e. The summed E-state index contributed by atoms with van der Waals surface area (Å²) in [5.41, 5.74) is 2.26. The topological polar surface area (TPSA) is 79.3 Å². The molecule has 0 atom stereocenters. The van der Waals surface area contributed by atoms with Gasteiger partial charge in [-0.15, -0.1) is 0 Å². The summed E-state index contributed by atoms with van der Waals surface area (Å²) in [5, 5.41) is 12.0. The molecule has 23 heavy (non-hydrogen) atoms. The van der Waals surface area contributed by atoms with Crippen molar-refractivity contribution in [2.75, 3.05) is 11.9 Å². The lowest BCUT2D eigenvalue weighted by Gasteiger charge is -2.10. The highest BCUT2D eigenvalue weighted by Gasteiger charge is 2.11. The molecule has 0 spiro atoms. The predicted octanol–water partition coefficient (Wildman–Crippen LogP) is 4.11. The normalized spacial score (nSPS) is 9.57. The SMILES string of the molecule is CC.CCNc1nc(-c2ccc(C(=O)O)cc2)ccc1C(C)=O. The van der Waals surface area contributed by atoms with Crippen LogP contribution >= 0.6 is 0 Å². The monoisotopic (exact) mass is 314 g/mol. The van der Waals surface area contributed by atoms with Gasteiger partial charge in [-0.2, -0.15) is 0 Å². The van der Waals surface area contributed by atoms with Crippen LogP contribution in [0.1, 0.15) is 48.4 Å². The Labute approximate surface area is 136 Å². The van der Waals surface area contributed by atoms with Crippen molar-refractivity contribution in [1.29, 1.82) is 0 Å². The minimum atomic E-state index is -0.963. The number of ketones is 1. The van der Waals surface area contributed by atoms with Gasteiger partial charge < -0.3 is 10.4 Å². The van der Waals surface area contributed by atoms with Crippen molar-refractivity contribution in [1.82, 2.24) is 4.98 Å². The Morgan fingerprint density at radius 1 is 1.09 bits per heavy atom. The number of carboxylic acid groups (broad SMARTS) is 1. The van der Waals surface area contributed by atoms with Gasteiger partial charge in [0, 0.05) is 12.1 Å². The number of pyridine rings is 1. The van der Waals surface area contributed by atoms with Gasteiger partial charge in [-0.1, -0.05) is 26.0 Å². The third kappa shape index (κ3) is 4.64. The van der Waals surface area contributed by atoms with Crippen LogP contribution in [-0.4, -0.2) is 28.4 Å². The number of aromatic carboxylic acids is 1. The van der Waals surface area contributed by atoms with Crippen LogP contribution in [0.3, 0.4) is 0 Å². The van der Waals surface area contributed by atoms with Crippen LogP contribution in [0, 0.1) is 0 Å². The minimum absolute atomic E-state index is 0.0498. The molecule has 2 N–H and O–H groups in total. The van der Waals surface area contributed by atoms with Crippen molar-refractivity contribution in [3.8, 4) is 11.3 Å². The number of carbonyl (C=O) groups excluding carboxylic acids is 1. The van der Waals surface area contributed by atoms with Gasteiger partial charge in [0.25, 0.3) is 0 Å². The van der Waals surface area contributed by atoms with Crippen LogP contribution in [-0.2, 0) is 0 Å². The summed E-state index contributed by atoms with van der Waals surface area (Å²) in [6, 6.07) is 9.96. The molecular weight excluding hydrogens is 292 g/mol. The molecule has 0 unspecified atom stereocenters. The van der Waals surface area contributed by atoms with Gasteiger partial charge in [0.15, 0.2) is 5.78 Å². The molecule has 0 saturated carbocycles. The fraction of sp³-hybridized carbons (Fsp3) is 0.278. The molecule has 0 fully saturated rings. The third-order valence-corrected chi connectivity index (χ3v) is 3.05. The summed E-state index contributed by atoms with van der Waals surface area (Å²) in [6.07, 6.45) is 0. The van der Waals surface area contributed by atoms with E-state index in [-0.39, 0.29) is 11.3 Å². The summed E-state index contributed by atoms with van der Waals surface area (Å²) in [6.45, 7) is 8.09. The van der Waals surface area contributed by atoms with E-state index < -0.39 is 5.97 Å². The highest BCUT2D eigenvalue weighted by Crippen LogP contribution is 2.22. The van der Waals surface area contributed by atoms with Crippen molar-refractivity contribution in [2.24, 2.45) is 0 Å². The Kier molecular flexibility index (Phi) is 6.93. The second-order valence-corrected chi connectivity index (χ2v) is 4.56. The fourth-order valence-corrected chi connectivity index (χ4v) is 1.99.